The number of nitrogens with zero attached hydrogens (tertiary/aromatic N) is 4. The number of aliphatic hydroxyl groups is 1. The molecular formula is C27H30N4O5. The zero-order valence-electron chi connectivity index (χ0n) is 20.1. The Bertz CT molecular complexity index is 1170. The fourth-order valence-electron chi connectivity index (χ4n) is 5.18. The number of carbonyl (C=O) groups is 3. The number of anilines is 1. The summed E-state index contributed by atoms with van der Waals surface area (Å²) in [4.78, 5) is 48.1. The molecule has 0 saturated carbocycles. The third-order valence-electron chi connectivity index (χ3n) is 7.18. The van der Waals surface area contributed by atoms with Crippen molar-refractivity contribution in [1.82, 2.24) is 9.80 Å². The fraction of sp³-hybridized carbons (Fsp3) is 0.407. The third kappa shape index (κ3) is 5.03. The van der Waals surface area contributed by atoms with Crippen LogP contribution in [-0.2, 0) is 14.4 Å². The number of furan rings is 1. The normalized spacial score (nSPS) is 24.4. The van der Waals surface area contributed by atoms with Crippen LogP contribution in [-0.4, -0.2) is 84.0 Å². The highest BCUT2D eigenvalue weighted by molar-refractivity contribution is 6.22. The number of hydrogen-bond donors (Lipinski definition) is 1. The molecule has 2 saturated heterocycles. The van der Waals surface area contributed by atoms with Gasteiger partial charge in [0.25, 0.3) is 5.91 Å². The van der Waals surface area contributed by atoms with E-state index in [1.807, 2.05) is 24.3 Å². The Balaban J connectivity index is 1.09. The maximum atomic E-state index is 13.0. The summed E-state index contributed by atoms with van der Waals surface area (Å²) in [6, 6.07) is 12.3. The summed E-state index contributed by atoms with van der Waals surface area (Å²) >= 11 is 0. The second-order valence-corrected chi connectivity index (χ2v) is 9.44. The van der Waals surface area contributed by atoms with E-state index >= 15 is 0 Å². The first-order valence-corrected chi connectivity index (χ1v) is 12.4. The SMILES string of the molecule is O=C1CC(c2ccco2)CC(O)=C1C=NCCN1CCN(C2CC(=O)N(c3ccccc3)C2=O)CC1. The number of amides is 2. The lowest BCUT2D eigenvalue weighted by molar-refractivity contribution is -0.123. The Morgan fingerprint density at radius 2 is 1.75 bits per heavy atom. The number of Topliss-reactive ketones (excluding diaryl/α,β-unsaturated/α-hetero) is 1. The molecule has 2 unspecified atom stereocenters. The van der Waals surface area contributed by atoms with Gasteiger partial charge in [-0.2, -0.15) is 0 Å². The summed E-state index contributed by atoms with van der Waals surface area (Å²) in [6.45, 7) is 4.18. The lowest BCUT2D eigenvalue weighted by Gasteiger charge is -2.36. The summed E-state index contributed by atoms with van der Waals surface area (Å²) in [5.74, 6) is 0.203. The molecule has 0 spiro atoms. The van der Waals surface area contributed by atoms with Crippen LogP contribution in [0.5, 0.6) is 0 Å². The molecule has 0 radical (unpaired) electrons. The van der Waals surface area contributed by atoms with E-state index in [1.165, 1.54) is 11.1 Å². The second-order valence-electron chi connectivity index (χ2n) is 9.44. The summed E-state index contributed by atoms with van der Waals surface area (Å²) < 4.78 is 5.38. The van der Waals surface area contributed by atoms with Gasteiger partial charge in [0.1, 0.15) is 11.5 Å². The van der Waals surface area contributed by atoms with Crippen molar-refractivity contribution < 1.29 is 23.9 Å². The predicted molar refractivity (Wildman–Crippen MR) is 134 cm³/mol. The maximum Gasteiger partial charge on any atom is 0.251 e. The van der Waals surface area contributed by atoms with E-state index in [0.717, 1.165) is 19.6 Å². The molecule has 36 heavy (non-hydrogen) atoms. The van der Waals surface area contributed by atoms with E-state index in [-0.39, 0.29) is 41.3 Å². The summed E-state index contributed by atoms with van der Waals surface area (Å²) in [6.07, 6.45) is 3.94. The quantitative estimate of drug-likeness (QED) is 0.470. The van der Waals surface area contributed by atoms with Crippen LogP contribution < -0.4 is 4.90 Å². The minimum absolute atomic E-state index is 0.0605. The van der Waals surface area contributed by atoms with E-state index in [9.17, 15) is 19.5 Å². The largest absolute Gasteiger partial charge is 0.511 e. The number of hydrogen-bond acceptors (Lipinski definition) is 8. The van der Waals surface area contributed by atoms with Crippen LogP contribution in [0.3, 0.4) is 0 Å². The molecule has 2 fully saturated rings. The van der Waals surface area contributed by atoms with Crippen molar-refractivity contribution in [2.45, 2.75) is 31.2 Å². The van der Waals surface area contributed by atoms with Crippen molar-refractivity contribution in [3.63, 3.8) is 0 Å². The highest BCUT2D eigenvalue weighted by Gasteiger charge is 2.43. The van der Waals surface area contributed by atoms with Crippen LogP contribution >= 0.6 is 0 Å². The molecule has 1 aromatic carbocycles. The Hall–Kier alpha value is -3.56. The van der Waals surface area contributed by atoms with Crippen molar-refractivity contribution in [1.29, 1.82) is 0 Å². The van der Waals surface area contributed by atoms with Crippen molar-refractivity contribution in [3.05, 3.63) is 65.8 Å². The number of benzene rings is 1. The van der Waals surface area contributed by atoms with E-state index in [2.05, 4.69) is 14.8 Å². The van der Waals surface area contributed by atoms with Gasteiger partial charge in [-0.3, -0.25) is 29.2 Å². The standard InChI is InChI=1S/C27H30N4O5/c32-23-15-19(25-7-4-14-36-25)16-24(33)21(23)18-28-8-9-29-10-12-30(13-11-29)22-17-26(34)31(27(22)35)20-5-2-1-3-6-20/h1-7,14,18-19,22,32H,8-13,15-17H2. The molecule has 3 aliphatic rings. The van der Waals surface area contributed by atoms with Crippen LogP contribution in [0.1, 0.15) is 30.9 Å². The first-order valence-electron chi connectivity index (χ1n) is 12.4. The highest BCUT2D eigenvalue weighted by atomic mass is 16.3. The van der Waals surface area contributed by atoms with Crippen molar-refractivity contribution in [2.24, 2.45) is 4.99 Å². The first-order chi connectivity index (χ1) is 17.5. The minimum atomic E-state index is -0.407. The number of para-hydroxylation sites is 1. The minimum Gasteiger partial charge on any atom is -0.511 e. The Morgan fingerprint density at radius 3 is 2.44 bits per heavy atom. The number of imide groups is 1. The van der Waals surface area contributed by atoms with Crippen LogP contribution in [0.15, 0.2) is 69.5 Å². The molecule has 2 atom stereocenters. The van der Waals surface area contributed by atoms with E-state index < -0.39 is 6.04 Å². The Labute approximate surface area is 209 Å². The monoisotopic (exact) mass is 490 g/mol. The molecule has 3 heterocycles. The van der Waals surface area contributed by atoms with Gasteiger partial charge in [0.2, 0.25) is 5.91 Å². The molecule has 2 amide bonds. The lowest BCUT2D eigenvalue weighted by Crippen LogP contribution is -2.52. The van der Waals surface area contributed by atoms with E-state index in [4.69, 9.17) is 4.42 Å². The predicted octanol–water partition coefficient (Wildman–Crippen LogP) is 2.56. The second kappa shape index (κ2) is 10.6. The van der Waals surface area contributed by atoms with Gasteiger partial charge in [0.05, 0.1) is 36.5 Å². The molecular weight excluding hydrogens is 460 g/mol. The number of piperazine rings is 1. The van der Waals surface area contributed by atoms with Gasteiger partial charge in [0.15, 0.2) is 5.78 Å². The van der Waals surface area contributed by atoms with Crippen LogP contribution in [0.2, 0.25) is 0 Å². The van der Waals surface area contributed by atoms with Crippen LogP contribution in [0, 0.1) is 0 Å². The topological polar surface area (TPSA) is 107 Å². The summed E-state index contributed by atoms with van der Waals surface area (Å²) in [7, 11) is 0. The van der Waals surface area contributed by atoms with Gasteiger partial charge in [-0.15, -0.1) is 0 Å². The molecule has 1 aromatic heterocycles. The number of carbonyl (C=O) groups excluding carboxylic acids is 3. The van der Waals surface area contributed by atoms with Crippen molar-refractivity contribution >= 4 is 29.5 Å². The average Bonchev–Trinajstić information content (AvgIpc) is 3.52. The molecule has 1 aliphatic carbocycles. The Kier molecular flexibility index (Phi) is 7.11. The van der Waals surface area contributed by atoms with Gasteiger partial charge in [0, 0.05) is 57.7 Å². The molecule has 9 nitrogen and oxygen atoms in total. The maximum absolute atomic E-state index is 13.0. The molecule has 9 heteroatoms. The van der Waals surface area contributed by atoms with Gasteiger partial charge in [-0.05, 0) is 24.3 Å². The lowest BCUT2D eigenvalue weighted by atomic mass is 9.86. The highest BCUT2D eigenvalue weighted by Crippen LogP contribution is 2.33. The van der Waals surface area contributed by atoms with E-state index in [1.54, 1.807) is 24.5 Å². The van der Waals surface area contributed by atoms with Crippen molar-refractivity contribution in [3.8, 4) is 0 Å². The zero-order chi connectivity index (χ0) is 25.1. The fourth-order valence-corrected chi connectivity index (χ4v) is 5.18. The van der Waals surface area contributed by atoms with Gasteiger partial charge < -0.3 is 9.52 Å². The van der Waals surface area contributed by atoms with Gasteiger partial charge >= 0.3 is 0 Å². The van der Waals surface area contributed by atoms with E-state index in [0.29, 0.717) is 43.9 Å². The van der Waals surface area contributed by atoms with Gasteiger partial charge in [-0.1, -0.05) is 18.2 Å². The van der Waals surface area contributed by atoms with Crippen LogP contribution in [0.25, 0.3) is 0 Å². The molecule has 1 N–H and O–H groups in total. The van der Waals surface area contributed by atoms with Crippen LogP contribution in [0.4, 0.5) is 5.69 Å². The molecule has 2 aliphatic heterocycles. The number of rotatable bonds is 7. The van der Waals surface area contributed by atoms with Gasteiger partial charge in [-0.25, -0.2) is 4.90 Å². The molecule has 188 valence electrons. The smallest absolute Gasteiger partial charge is 0.251 e. The number of ketones is 1. The number of aliphatic imine (C=N–C) groups is 1. The summed E-state index contributed by atoms with van der Waals surface area (Å²) in [5.41, 5.74) is 0.913. The first kappa shape index (κ1) is 24.1. The molecule has 0 bridgehead atoms. The molecule has 2 aromatic rings. The summed E-state index contributed by atoms with van der Waals surface area (Å²) in [5, 5.41) is 10.4. The Morgan fingerprint density at radius 1 is 0.972 bits per heavy atom. The zero-order valence-corrected chi connectivity index (χ0v) is 20.1. The number of aliphatic hydroxyl groups excluding tert-OH is 1. The number of allylic oxidation sites excluding steroid dienone is 2. The molecule has 5 rings (SSSR count). The third-order valence-corrected chi connectivity index (χ3v) is 7.18. The van der Waals surface area contributed by atoms with Crippen molar-refractivity contribution in [2.75, 3.05) is 44.2 Å². The average molecular weight is 491 g/mol.